The third-order valence-corrected chi connectivity index (χ3v) is 5.45. The normalized spacial score (nSPS) is 20.5. The maximum absolute atomic E-state index is 12.3. The van der Waals surface area contributed by atoms with Crippen molar-refractivity contribution in [3.63, 3.8) is 0 Å². The number of hydrogen-bond donors (Lipinski definition) is 2. The Bertz CT molecular complexity index is 932. The number of carbonyl (C=O) groups is 2. The molecular weight excluding hydrogens is 398 g/mol. The summed E-state index contributed by atoms with van der Waals surface area (Å²) >= 11 is 0. The lowest BCUT2D eigenvalue weighted by atomic mass is 10.1. The number of amides is 2. The minimum atomic E-state index is -0.712. The van der Waals surface area contributed by atoms with E-state index in [9.17, 15) is 14.4 Å². The number of imide groups is 1. The molecule has 9 heteroatoms. The monoisotopic (exact) mass is 423 g/mol. The van der Waals surface area contributed by atoms with Gasteiger partial charge in [0.25, 0.3) is 0 Å². The first kappa shape index (κ1) is 21.5. The number of aryl methyl sites for hydroxylation is 1. The molecule has 1 aromatic carbocycles. The third-order valence-electron chi connectivity index (χ3n) is 5.45. The van der Waals surface area contributed by atoms with Gasteiger partial charge < -0.3 is 14.5 Å². The SMILES string of the molecule is Cl.O=C1CCC(n2c(=O)oc3cc(CCCOC4CCNCC4)ccc32)C(=O)N1. The van der Waals surface area contributed by atoms with Gasteiger partial charge >= 0.3 is 5.76 Å². The molecule has 1 aromatic heterocycles. The van der Waals surface area contributed by atoms with Crippen molar-refractivity contribution in [2.75, 3.05) is 19.7 Å². The maximum atomic E-state index is 12.3. The molecule has 2 saturated heterocycles. The van der Waals surface area contributed by atoms with Gasteiger partial charge in [0.2, 0.25) is 11.8 Å². The largest absolute Gasteiger partial charge is 0.420 e. The number of ether oxygens (including phenoxy) is 1. The standard InChI is InChI=1S/C20H25N3O5.ClH/c24-18-6-5-16(19(25)22-18)23-15-4-3-13(12-17(15)28-20(23)26)2-1-11-27-14-7-9-21-10-8-14;/h3-4,12,14,16,21H,1-2,5-11H2,(H,22,24,25);1H. The second-order valence-corrected chi connectivity index (χ2v) is 7.43. The molecule has 2 amide bonds. The molecule has 0 radical (unpaired) electrons. The molecule has 3 heterocycles. The smallest absolute Gasteiger partial charge is 0.408 e. The Kier molecular flexibility index (Phi) is 7.10. The number of oxazole rings is 1. The van der Waals surface area contributed by atoms with Crippen LogP contribution in [-0.2, 0) is 20.7 Å². The fraction of sp³-hybridized carbons (Fsp3) is 0.550. The van der Waals surface area contributed by atoms with Gasteiger partial charge in [0.05, 0.1) is 11.6 Å². The summed E-state index contributed by atoms with van der Waals surface area (Å²) in [4.78, 5) is 35.8. The van der Waals surface area contributed by atoms with Crippen LogP contribution in [0.2, 0.25) is 0 Å². The molecule has 1 unspecified atom stereocenters. The first-order chi connectivity index (χ1) is 13.6. The Hall–Kier alpha value is -2.16. The average Bonchev–Trinajstić information content (AvgIpc) is 3.01. The van der Waals surface area contributed by atoms with Crippen molar-refractivity contribution in [3.8, 4) is 0 Å². The molecule has 0 bridgehead atoms. The summed E-state index contributed by atoms with van der Waals surface area (Å²) in [6.45, 7) is 2.75. The molecule has 8 nitrogen and oxygen atoms in total. The third kappa shape index (κ3) is 4.88. The van der Waals surface area contributed by atoms with Gasteiger partial charge in [-0.3, -0.25) is 19.5 Å². The van der Waals surface area contributed by atoms with Crippen LogP contribution >= 0.6 is 12.4 Å². The summed E-state index contributed by atoms with van der Waals surface area (Å²) in [5, 5.41) is 5.61. The van der Waals surface area contributed by atoms with Crippen molar-refractivity contribution >= 4 is 35.3 Å². The summed E-state index contributed by atoms with van der Waals surface area (Å²) in [6, 6.07) is 4.90. The quantitative estimate of drug-likeness (QED) is 0.541. The lowest BCUT2D eigenvalue weighted by molar-refractivity contribution is -0.135. The second kappa shape index (κ2) is 9.56. The minimum Gasteiger partial charge on any atom is -0.408 e. The van der Waals surface area contributed by atoms with Crippen molar-refractivity contribution in [1.82, 2.24) is 15.2 Å². The molecule has 2 aromatic rings. The number of fused-ring (bicyclic) bond motifs is 1. The van der Waals surface area contributed by atoms with E-state index < -0.39 is 17.7 Å². The number of halogens is 1. The summed E-state index contributed by atoms with van der Waals surface area (Å²) < 4.78 is 12.6. The van der Waals surface area contributed by atoms with Gasteiger partial charge in [0.1, 0.15) is 6.04 Å². The Morgan fingerprint density at radius 2 is 1.93 bits per heavy atom. The number of piperidine rings is 2. The zero-order valence-corrected chi connectivity index (χ0v) is 17.0. The summed E-state index contributed by atoms with van der Waals surface area (Å²) in [6.07, 6.45) is 4.71. The topological polar surface area (TPSA) is 103 Å². The molecule has 2 N–H and O–H groups in total. The van der Waals surface area contributed by atoms with Crippen LogP contribution in [0.1, 0.15) is 43.7 Å². The summed E-state index contributed by atoms with van der Waals surface area (Å²) in [5.74, 6) is -1.34. The van der Waals surface area contributed by atoms with Crippen molar-refractivity contribution < 1.29 is 18.7 Å². The maximum Gasteiger partial charge on any atom is 0.420 e. The number of carbonyl (C=O) groups excluding carboxylic acids is 2. The van der Waals surface area contributed by atoms with Crippen molar-refractivity contribution in [2.45, 2.75) is 50.7 Å². The molecule has 2 aliphatic rings. The highest BCUT2D eigenvalue weighted by Crippen LogP contribution is 2.24. The fourth-order valence-electron chi connectivity index (χ4n) is 3.95. The number of nitrogens with zero attached hydrogens (tertiary/aromatic N) is 1. The number of hydrogen-bond acceptors (Lipinski definition) is 6. The second-order valence-electron chi connectivity index (χ2n) is 7.43. The highest BCUT2D eigenvalue weighted by Gasteiger charge is 2.31. The minimum absolute atomic E-state index is 0. The lowest BCUT2D eigenvalue weighted by Gasteiger charge is -2.22. The average molecular weight is 424 g/mol. The summed E-state index contributed by atoms with van der Waals surface area (Å²) in [7, 11) is 0. The van der Waals surface area contributed by atoms with Crippen molar-refractivity contribution in [2.24, 2.45) is 0 Å². The van der Waals surface area contributed by atoms with Crippen LogP contribution in [0.4, 0.5) is 0 Å². The molecule has 2 aliphatic heterocycles. The highest BCUT2D eigenvalue weighted by molar-refractivity contribution is 6.00. The first-order valence-corrected chi connectivity index (χ1v) is 9.92. The molecule has 158 valence electrons. The molecule has 0 aliphatic carbocycles. The number of nitrogens with one attached hydrogen (secondary N) is 2. The Labute approximate surface area is 174 Å². The Morgan fingerprint density at radius 3 is 2.69 bits per heavy atom. The van der Waals surface area contributed by atoms with Crippen LogP contribution in [0.25, 0.3) is 11.1 Å². The van der Waals surface area contributed by atoms with Crippen LogP contribution in [-0.4, -0.2) is 42.2 Å². The van der Waals surface area contributed by atoms with E-state index in [1.807, 2.05) is 18.2 Å². The summed E-state index contributed by atoms with van der Waals surface area (Å²) in [5.41, 5.74) is 2.10. The van der Waals surface area contributed by atoms with Crippen molar-refractivity contribution in [1.29, 1.82) is 0 Å². The van der Waals surface area contributed by atoms with E-state index in [4.69, 9.17) is 9.15 Å². The predicted octanol–water partition coefficient (Wildman–Crippen LogP) is 1.70. The van der Waals surface area contributed by atoms with Crippen LogP contribution < -0.4 is 16.4 Å². The molecule has 1 atom stereocenters. The molecule has 4 rings (SSSR count). The lowest BCUT2D eigenvalue weighted by Crippen LogP contribution is -2.43. The number of aromatic nitrogens is 1. The van der Waals surface area contributed by atoms with Gasteiger partial charge in [-0.1, -0.05) is 6.07 Å². The molecule has 29 heavy (non-hydrogen) atoms. The van der Waals surface area contributed by atoms with Crippen LogP contribution in [0, 0.1) is 0 Å². The number of benzene rings is 1. The fourth-order valence-corrected chi connectivity index (χ4v) is 3.95. The van der Waals surface area contributed by atoms with Gasteiger partial charge in [-0.25, -0.2) is 4.79 Å². The molecule has 2 fully saturated rings. The van der Waals surface area contributed by atoms with E-state index in [1.54, 1.807) is 0 Å². The van der Waals surface area contributed by atoms with E-state index in [1.165, 1.54) is 4.57 Å². The van der Waals surface area contributed by atoms with E-state index in [2.05, 4.69) is 10.6 Å². The van der Waals surface area contributed by atoms with Gasteiger partial charge in [-0.2, -0.15) is 0 Å². The van der Waals surface area contributed by atoms with Gasteiger partial charge in [0, 0.05) is 13.0 Å². The van der Waals surface area contributed by atoms with Crippen LogP contribution in [0.15, 0.2) is 27.4 Å². The molecule has 0 saturated carbocycles. The number of rotatable bonds is 6. The van der Waals surface area contributed by atoms with Crippen LogP contribution in [0.5, 0.6) is 0 Å². The Morgan fingerprint density at radius 1 is 1.14 bits per heavy atom. The van der Waals surface area contributed by atoms with Gasteiger partial charge in [-0.05, 0) is 62.9 Å². The predicted molar refractivity (Wildman–Crippen MR) is 109 cm³/mol. The van der Waals surface area contributed by atoms with E-state index in [-0.39, 0.29) is 24.7 Å². The van der Waals surface area contributed by atoms with Gasteiger partial charge in [-0.15, -0.1) is 12.4 Å². The Balaban J connectivity index is 0.00000240. The highest BCUT2D eigenvalue weighted by atomic mass is 35.5. The zero-order valence-electron chi connectivity index (χ0n) is 16.1. The van der Waals surface area contributed by atoms with Gasteiger partial charge in [0.15, 0.2) is 5.58 Å². The van der Waals surface area contributed by atoms with E-state index >= 15 is 0 Å². The van der Waals surface area contributed by atoms with E-state index in [0.29, 0.717) is 30.2 Å². The molecular formula is C20H26ClN3O5. The van der Waals surface area contributed by atoms with Crippen molar-refractivity contribution in [3.05, 3.63) is 34.3 Å². The van der Waals surface area contributed by atoms with Crippen LogP contribution in [0.3, 0.4) is 0 Å². The first-order valence-electron chi connectivity index (χ1n) is 9.92. The molecule has 0 spiro atoms. The zero-order chi connectivity index (χ0) is 19.5. The van der Waals surface area contributed by atoms with E-state index in [0.717, 1.165) is 44.3 Å².